The fourth-order valence-electron chi connectivity index (χ4n) is 2.28. The highest BCUT2D eigenvalue weighted by Gasteiger charge is 2.04. The Kier molecular flexibility index (Phi) is 6.22. The summed E-state index contributed by atoms with van der Waals surface area (Å²) >= 11 is 3.40. The zero-order chi connectivity index (χ0) is 19.1. The van der Waals surface area contributed by atoms with Gasteiger partial charge in [0.2, 0.25) is 0 Å². The number of phenolic OH excluding ortho intramolecular Hbond substituents is 1. The zero-order valence-electron chi connectivity index (χ0n) is 14.3. The Balaban J connectivity index is 1.53. The summed E-state index contributed by atoms with van der Waals surface area (Å²) < 4.78 is 6.74. The molecule has 2 N–H and O–H groups in total. The van der Waals surface area contributed by atoms with Gasteiger partial charge in [-0.15, -0.1) is 0 Å². The van der Waals surface area contributed by atoms with Crippen LogP contribution in [0.4, 0.5) is 0 Å². The highest BCUT2D eigenvalue weighted by atomic mass is 79.9. The van der Waals surface area contributed by atoms with Crippen LogP contribution in [0.1, 0.15) is 21.5 Å². The van der Waals surface area contributed by atoms with E-state index in [4.69, 9.17) is 4.74 Å². The summed E-state index contributed by atoms with van der Waals surface area (Å²) in [6.45, 7) is 0.451. The van der Waals surface area contributed by atoms with E-state index in [1.165, 1.54) is 6.21 Å². The molecule has 0 aromatic heterocycles. The number of hydrogen-bond acceptors (Lipinski definition) is 4. The van der Waals surface area contributed by atoms with Crippen molar-refractivity contribution in [1.82, 2.24) is 5.43 Å². The number of ether oxygens (including phenoxy) is 1. The molecule has 6 heteroatoms. The molecule has 5 nitrogen and oxygen atoms in total. The summed E-state index contributed by atoms with van der Waals surface area (Å²) in [5, 5.41) is 13.3. The van der Waals surface area contributed by atoms with Crippen LogP contribution in [0.25, 0.3) is 0 Å². The van der Waals surface area contributed by atoms with Gasteiger partial charge in [-0.3, -0.25) is 4.79 Å². The third kappa shape index (κ3) is 5.69. The number of benzene rings is 3. The summed E-state index contributed by atoms with van der Waals surface area (Å²) in [7, 11) is 0. The van der Waals surface area contributed by atoms with Gasteiger partial charge in [-0.2, -0.15) is 5.10 Å². The fraction of sp³-hybridized carbons (Fsp3) is 0.0476. The molecule has 0 spiro atoms. The van der Waals surface area contributed by atoms with Gasteiger partial charge in [0.1, 0.15) is 18.1 Å². The van der Waals surface area contributed by atoms with E-state index in [0.717, 1.165) is 10.0 Å². The fourth-order valence-corrected chi connectivity index (χ4v) is 2.55. The topological polar surface area (TPSA) is 70.9 Å². The van der Waals surface area contributed by atoms with Crippen LogP contribution in [0.5, 0.6) is 11.5 Å². The molecular formula is C21H17BrN2O3. The predicted octanol–water partition coefficient (Wildman–Crippen LogP) is 4.50. The Morgan fingerprint density at radius 1 is 1.07 bits per heavy atom. The van der Waals surface area contributed by atoms with Gasteiger partial charge in [-0.05, 0) is 59.7 Å². The summed E-state index contributed by atoms with van der Waals surface area (Å²) in [5.41, 5.74) is 4.67. The number of hydrazone groups is 1. The number of halogens is 1. The van der Waals surface area contributed by atoms with E-state index in [1.54, 1.807) is 48.5 Å². The maximum Gasteiger partial charge on any atom is 0.271 e. The standard InChI is InChI=1S/C21H17BrN2O3/c22-18-8-4-15(5-9-18)14-27-20-10-6-17(7-11-20)21(26)24-23-13-16-2-1-3-19(25)12-16/h1-13,25H,14H2,(H,24,26). The zero-order valence-corrected chi connectivity index (χ0v) is 15.9. The Labute approximate surface area is 165 Å². The molecule has 3 aromatic rings. The molecule has 1 amide bonds. The molecule has 136 valence electrons. The Hall–Kier alpha value is -3.12. The lowest BCUT2D eigenvalue weighted by Gasteiger charge is -2.07. The van der Waals surface area contributed by atoms with Crippen molar-refractivity contribution < 1.29 is 14.6 Å². The van der Waals surface area contributed by atoms with Crippen molar-refractivity contribution in [3.63, 3.8) is 0 Å². The highest BCUT2D eigenvalue weighted by Crippen LogP contribution is 2.16. The molecule has 3 rings (SSSR count). The molecule has 0 aliphatic rings. The molecule has 0 atom stereocenters. The number of carbonyl (C=O) groups excluding carboxylic acids is 1. The minimum Gasteiger partial charge on any atom is -0.508 e. The molecule has 0 bridgehead atoms. The first-order valence-corrected chi connectivity index (χ1v) is 8.99. The second kappa shape index (κ2) is 9.00. The van der Waals surface area contributed by atoms with E-state index in [1.807, 2.05) is 24.3 Å². The van der Waals surface area contributed by atoms with E-state index in [0.29, 0.717) is 23.5 Å². The summed E-state index contributed by atoms with van der Waals surface area (Å²) in [6, 6.07) is 21.3. The first-order valence-electron chi connectivity index (χ1n) is 8.20. The normalized spacial score (nSPS) is 10.7. The van der Waals surface area contributed by atoms with Gasteiger partial charge in [-0.1, -0.05) is 40.2 Å². The Bertz CT molecular complexity index is 938. The molecular weight excluding hydrogens is 408 g/mol. The van der Waals surface area contributed by atoms with E-state index in [2.05, 4.69) is 26.5 Å². The lowest BCUT2D eigenvalue weighted by atomic mass is 10.2. The van der Waals surface area contributed by atoms with Crippen molar-refractivity contribution in [3.05, 3.63) is 94.0 Å². The summed E-state index contributed by atoms with van der Waals surface area (Å²) in [4.78, 5) is 12.1. The average Bonchev–Trinajstić information content (AvgIpc) is 2.68. The van der Waals surface area contributed by atoms with Crippen molar-refractivity contribution in [2.75, 3.05) is 0 Å². The molecule has 0 aliphatic carbocycles. The van der Waals surface area contributed by atoms with Crippen molar-refractivity contribution in [3.8, 4) is 11.5 Å². The van der Waals surface area contributed by atoms with E-state index < -0.39 is 0 Å². The third-order valence-electron chi connectivity index (χ3n) is 3.69. The molecule has 0 aliphatic heterocycles. The largest absolute Gasteiger partial charge is 0.508 e. The number of hydrogen-bond donors (Lipinski definition) is 2. The van der Waals surface area contributed by atoms with E-state index >= 15 is 0 Å². The minimum absolute atomic E-state index is 0.143. The minimum atomic E-state index is -0.328. The smallest absolute Gasteiger partial charge is 0.271 e. The van der Waals surface area contributed by atoms with Crippen LogP contribution in [-0.2, 0) is 6.61 Å². The predicted molar refractivity (Wildman–Crippen MR) is 108 cm³/mol. The lowest BCUT2D eigenvalue weighted by molar-refractivity contribution is 0.0955. The van der Waals surface area contributed by atoms with Gasteiger partial charge in [-0.25, -0.2) is 5.43 Å². The molecule has 0 fully saturated rings. The third-order valence-corrected chi connectivity index (χ3v) is 4.21. The number of rotatable bonds is 6. The monoisotopic (exact) mass is 424 g/mol. The second-order valence-electron chi connectivity index (χ2n) is 5.73. The molecule has 27 heavy (non-hydrogen) atoms. The maximum absolute atomic E-state index is 12.1. The second-order valence-corrected chi connectivity index (χ2v) is 6.65. The number of nitrogens with one attached hydrogen (secondary N) is 1. The highest BCUT2D eigenvalue weighted by molar-refractivity contribution is 9.10. The molecule has 0 radical (unpaired) electrons. The van der Waals surface area contributed by atoms with Gasteiger partial charge >= 0.3 is 0 Å². The molecule has 3 aromatic carbocycles. The van der Waals surface area contributed by atoms with Gasteiger partial charge in [0.05, 0.1) is 6.21 Å². The first-order chi connectivity index (χ1) is 13.1. The van der Waals surface area contributed by atoms with Gasteiger partial charge in [0.25, 0.3) is 5.91 Å². The molecule has 0 unspecified atom stereocenters. The quantitative estimate of drug-likeness (QED) is 0.452. The molecule has 0 heterocycles. The van der Waals surface area contributed by atoms with Crippen LogP contribution in [0, 0.1) is 0 Å². The first kappa shape index (κ1) is 18.7. The van der Waals surface area contributed by atoms with E-state index in [9.17, 15) is 9.90 Å². The molecule has 0 saturated carbocycles. The Morgan fingerprint density at radius 2 is 1.81 bits per heavy atom. The van der Waals surface area contributed by atoms with Gasteiger partial charge in [0.15, 0.2) is 0 Å². The van der Waals surface area contributed by atoms with Crippen molar-refractivity contribution in [1.29, 1.82) is 0 Å². The number of amides is 1. The van der Waals surface area contributed by atoms with Crippen molar-refractivity contribution in [2.24, 2.45) is 5.10 Å². The summed E-state index contributed by atoms with van der Waals surface area (Å²) in [5.74, 6) is 0.493. The number of phenols is 1. The van der Waals surface area contributed by atoms with Crippen LogP contribution in [-0.4, -0.2) is 17.2 Å². The van der Waals surface area contributed by atoms with E-state index in [-0.39, 0.29) is 11.7 Å². The average molecular weight is 425 g/mol. The van der Waals surface area contributed by atoms with Crippen LogP contribution in [0.2, 0.25) is 0 Å². The van der Waals surface area contributed by atoms with Crippen LogP contribution in [0.3, 0.4) is 0 Å². The lowest BCUT2D eigenvalue weighted by Crippen LogP contribution is -2.17. The van der Waals surface area contributed by atoms with Crippen LogP contribution in [0.15, 0.2) is 82.4 Å². The van der Waals surface area contributed by atoms with Gasteiger partial charge < -0.3 is 9.84 Å². The summed E-state index contributed by atoms with van der Waals surface area (Å²) in [6.07, 6.45) is 1.47. The number of nitrogens with zero attached hydrogens (tertiary/aromatic N) is 1. The van der Waals surface area contributed by atoms with Gasteiger partial charge in [0, 0.05) is 10.0 Å². The van der Waals surface area contributed by atoms with Crippen molar-refractivity contribution >= 4 is 28.1 Å². The Morgan fingerprint density at radius 3 is 2.52 bits per heavy atom. The number of aromatic hydroxyl groups is 1. The number of carbonyl (C=O) groups is 1. The van der Waals surface area contributed by atoms with Crippen LogP contribution >= 0.6 is 15.9 Å². The van der Waals surface area contributed by atoms with Crippen molar-refractivity contribution in [2.45, 2.75) is 6.61 Å². The SMILES string of the molecule is O=C(NN=Cc1cccc(O)c1)c1ccc(OCc2ccc(Br)cc2)cc1. The molecule has 0 saturated heterocycles. The van der Waals surface area contributed by atoms with Crippen LogP contribution < -0.4 is 10.2 Å². The maximum atomic E-state index is 12.1.